The number of fused-ring (bicyclic) bond motifs is 1. The van der Waals surface area contributed by atoms with Crippen molar-refractivity contribution in [3.8, 4) is 0 Å². The summed E-state index contributed by atoms with van der Waals surface area (Å²) in [5.41, 5.74) is 2.64. The molecule has 1 aliphatic heterocycles. The van der Waals surface area contributed by atoms with Crippen molar-refractivity contribution in [2.75, 3.05) is 19.6 Å². The Kier molecular flexibility index (Phi) is 6.11. The predicted octanol–water partition coefficient (Wildman–Crippen LogP) is 4.20. The van der Waals surface area contributed by atoms with Gasteiger partial charge < -0.3 is 13.8 Å². The van der Waals surface area contributed by atoms with Crippen molar-refractivity contribution >= 4 is 28.5 Å². The van der Waals surface area contributed by atoms with Crippen LogP contribution in [-0.4, -0.2) is 45.4 Å². The van der Waals surface area contributed by atoms with Gasteiger partial charge in [-0.15, -0.1) is 0 Å². The number of Topliss-reactive ketones (excluding diaryl/α,β-unsaturated/α-hetero) is 1. The molecule has 0 amide bonds. The van der Waals surface area contributed by atoms with Gasteiger partial charge in [-0.25, -0.2) is 4.79 Å². The molecule has 4 aromatic rings. The molecule has 8 nitrogen and oxygen atoms in total. The maximum atomic E-state index is 12.6. The normalized spacial score (nSPS) is 15.3. The fourth-order valence-corrected chi connectivity index (χ4v) is 4.34. The van der Waals surface area contributed by atoms with E-state index in [1.54, 1.807) is 18.2 Å². The molecule has 33 heavy (non-hydrogen) atoms. The Morgan fingerprint density at radius 1 is 1.15 bits per heavy atom. The van der Waals surface area contributed by atoms with Gasteiger partial charge in [0.1, 0.15) is 0 Å². The Hall–Kier alpha value is -3.23. The first-order valence-electron chi connectivity index (χ1n) is 11.0. The monoisotopic (exact) mass is 466 g/mol. The number of piperidine rings is 1. The largest absolute Gasteiger partial charge is 0.417 e. The Labute approximate surface area is 194 Å². The van der Waals surface area contributed by atoms with Crippen LogP contribution in [0.3, 0.4) is 0 Å². The molecule has 1 fully saturated rings. The van der Waals surface area contributed by atoms with Crippen LogP contribution in [0.25, 0.3) is 11.1 Å². The van der Waals surface area contributed by atoms with Crippen molar-refractivity contribution in [2.24, 2.45) is 0 Å². The summed E-state index contributed by atoms with van der Waals surface area (Å²) in [6.07, 6.45) is 2.85. The molecule has 0 atom stereocenters. The quantitative estimate of drug-likeness (QED) is 0.407. The van der Waals surface area contributed by atoms with E-state index in [0.717, 1.165) is 31.5 Å². The number of carbonyl (C=O) groups excluding carboxylic acids is 1. The Bertz CT molecular complexity index is 1320. The maximum Gasteiger partial charge on any atom is 0.417 e. The molecule has 9 heteroatoms. The minimum Gasteiger partial charge on any atom is -0.408 e. The minimum absolute atomic E-state index is 0.0339. The number of aromatic amines is 1. The van der Waals surface area contributed by atoms with E-state index in [-0.39, 0.29) is 11.7 Å². The van der Waals surface area contributed by atoms with Gasteiger partial charge in [0.15, 0.2) is 17.2 Å². The number of hydrogen-bond donors (Lipinski definition) is 1. The highest BCUT2D eigenvalue weighted by atomic mass is 35.5. The lowest BCUT2D eigenvalue weighted by molar-refractivity contribution is 0.0954. The van der Waals surface area contributed by atoms with E-state index < -0.39 is 5.76 Å². The second kappa shape index (κ2) is 9.33. The van der Waals surface area contributed by atoms with Crippen molar-refractivity contribution in [3.05, 3.63) is 80.9 Å². The van der Waals surface area contributed by atoms with Crippen LogP contribution in [0.2, 0.25) is 5.02 Å². The zero-order valence-electron chi connectivity index (χ0n) is 17.9. The van der Waals surface area contributed by atoms with Gasteiger partial charge in [0.25, 0.3) is 0 Å². The zero-order chi connectivity index (χ0) is 22.8. The molecule has 170 valence electrons. The third-order valence-corrected chi connectivity index (χ3v) is 6.35. The van der Waals surface area contributed by atoms with Crippen molar-refractivity contribution < 1.29 is 13.7 Å². The molecule has 0 saturated carbocycles. The molecule has 5 rings (SSSR count). The average Bonchev–Trinajstić information content (AvgIpc) is 3.44. The molecule has 1 aliphatic rings. The van der Waals surface area contributed by atoms with Gasteiger partial charge >= 0.3 is 5.76 Å². The first-order chi connectivity index (χ1) is 16.0. The number of H-pyrrole nitrogens is 1. The number of oxazole rings is 1. The highest BCUT2D eigenvalue weighted by Gasteiger charge is 2.25. The minimum atomic E-state index is -0.518. The third kappa shape index (κ3) is 5.07. The van der Waals surface area contributed by atoms with Crippen LogP contribution in [-0.2, 0) is 6.42 Å². The second-order valence-corrected chi connectivity index (χ2v) is 8.80. The van der Waals surface area contributed by atoms with E-state index >= 15 is 0 Å². The van der Waals surface area contributed by atoms with E-state index in [4.69, 9.17) is 20.5 Å². The fourth-order valence-electron chi connectivity index (χ4n) is 4.22. The van der Waals surface area contributed by atoms with Crippen LogP contribution in [0.15, 0.2) is 56.2 Å². The summed E-state index contributed by atoms with van der Waals surface area (Å²) in [6.45, 7) is 2.43. The van der Waals surface area contributed by atoms with Crippen LogP contribution in [0.4, 0.5) is 0 Å². The topological polar surface area (TPSA) is 105 Å². The van der Waals surface area contributed by atoms with E-state index in [0.29, 0.717) is 52.8 Å². The average molecular weight is 467 g/mol. The number of ketones is 1. The Balaban J connectivity index is 1.11. The molecule has 0 aliphatic carbocycles. The van der Waals surface area contributed by atoms with Gasteiger partial charge in [-0.2, -0.15) is 4.98 Å². The molecular formula is C24H23ClN4O4. The van der Waals surface area contributed by atoms with E-state index in [9.17, 15) is 9.59 Å². The molecule has 3 heterocycles. The highest BCUT2D eigenvalue weighted by molar-refractivity contribution is 6.30. The van der Waals surface area contributed by atoms with Gasteiger partial charge in [0.2, 0.25) is 5.89 Å². The summed E-state index contributed by atoms with van der Waals surface area (Å²) in [4.78, 5) is 33.4. The number of aromatic nitrogens is 3. The summed E-state index contributed by atoms with van der Waals surface area (Å²) in [6, 6.07) is 12.7. The molecule has 2 aromatic carbocycles. The number of halogens is 1. The van der Waals surface area contributed by atoms with Crippen LogP contribution in [0.1, 0.15) is 52.8 Å². The first-order valence-corrected chi connectivity index (χ1v) is 11.4. The molecular weight excluding hydrogens is 444 g/mol. The lowest BCUT2D eigenvalue weighted by Crippen LogP contribution is -2.34. The zero-order valence-corrected chi connectivity index (χ0v) is 18.7. The van der Waals surface area contributed by atoms with Gasteiger partial charge in [-0.1, -0.05) is 28.9 Å². The number of carbonyl (C=O) groups is 1. The maximum absolute atomic E-state index is 12.6. The molecule has 1 N–H and O–H groups in total. The molecule has 0 spiro atoms. The van der Waals surface area contributed by atoms with Crippen molar-refractivity contribution in [3.63, 3.8) is 0 Å². The molecule has 2 aromatic heterocycles. The van der Waals surface area contributed by atoms with Gasteiger partial charge in [0.05, 0.1) is 5.52 Å². The van der Waals surface area contributed by atoms with Gasteiger partial charge in [-0.05, 0) is 61.8 Å². The van der Waals surface area contributed by atoms with Gasteiger partial charge in [0, 0.05) is 35.9 Å². The number of hydrogen-bond acceptors (Lipinski definition) is 7. The van der Waals surface area contributed by atoms with Crippen molar-refractivity contribution in [2.45, 2.75) is 31.6 Å². The summed E-state index contributed by atoms with van der Waals surface area (Å²) in [7, 11) is 0. The number of nitrogens with one attached hydrogen (secondary N) is 1. The van der Waals surface area contributed by atoms with Crippen LogP contribution in [0, 0.1) is 0 Å². The lowest BCUT2D eigenvalue weighted by Gasteiger charge is -2.30. The van der Waals surface area contributed by atoms with Crippen molar-refractivity contribution in [1.29, 1.82) is 0 Å². The summed E-state index contributed by atoms with van der Waals surface area (Å²) in [5.74, 6) is 1.12. The second-order valence-electron chi connectivity index (χ2n) is 8.37. The number of nitrogens with zero attached hydrogens (tertiary/aromatic N) is 3. The number of benzene rings is 2. The molecule has 1 saturated heterocycles. The molecule has 0 bridgehead atoms. The Morgan fingerprint density at radius 2 is 1.94 bits per heavy atom. The summed E-state index contributed by atoms with van der Waals surface area (Å²) < 4.78 is 10.6. The SMILES string of the molecule is O=C(CCN1CCC(c2nc(Cc3ccc(Cl)cc3)no2)CC1)c1ccc2[nH]c(=O)oc2c1. The smallest absolute Gasteiger partial charge is 0.408 e. The van der Waals surface area contributed by atoms with E-state index in [1.165, 1.54) is 0 Å². The number of likely N-dealkylation sites (tertiary alicyclic amines) is 1. The van der Waals surface area contributed by atoms with Crippen molar-refractivity contribution in [1.82, 2.24) is 20.0 Å². The highest BCUT2D eigenvalue weighted by Crippen LogP contribution is 2.27. The fraction of sp³-hybridized carbons (Fsp3) is 0.333. The Morgan fingerprint density at radius 3 is 2.73 bits per heavy atom. The molecule has 0 radical (unpaired) electrons. The van der Waals surface area contributed by atoms with Crippen LogP contribution in [0.5, 0.6) is 0 Å². The van der Waals surface area contributed by atoms with Gasteiger partial charge in [-0.3, -0.25) is 9.78 Å². The number of rotatable bonds is 7. The summed E-state index contributed by atoms with van der Waals surface area (Å²) in [5, 5.41) is 4.84. The van der Waals surface area contributed by atoms with E-state index in [1.807, 2.05) is 24.3 Å². The standard InChI is InChI=1S/C24H23ClN4O4/c25-18-4-1-15(2-5-18)13-22-27-23(33-28-22)16-7-10-29(11-8-16)12-9-20(30)17-3-6-19-21(14-17)32-24(31)26-19/h1-6,14,16H,7-13H2,(H,26,31). The first kappa shape index (κ1) is 21.6. The van der Waals surface area contributed by atoms with Crippen LogP contribution < -0.4 is 5.76 Å². The summed E-state index contributed by atoms with van der Waals surface area (Å²) >= 11 is 5.94. The predicted molar refractivity (Wildman–Crippen MR) is 123 cm³/mol. The third-order valence-electron chi connectivity index (χ3n) is 6.09. The van der Waals surface area contributed by atoms with Crippen LogP contribution >= 0.6 is 11.6 Å². The lowest BCUT2D eigenvalue weighted by atomic mass is 9.96. The molecule has 0 unspecified atom stereocenters. The van der Waals surface area contributed by atoms with E-state index in [2.05, 4.69) is 20.0 Å².